The first-order valence-corrected chi connectivity index (χ1v) is 21.2. The minimum atomic E-state index is -1.86. The van der Waals surface area contributed by atoms with Gasteiger partial charge in [0.15, 0.2) is 0 Å². The first-order chi connectivity index (χ1) is 27.5. The van der Waals surface area contributed by atoms with Gasteiger partial charge < -0.3 is 75.1 Å². The number of hydrogen-bond acceptors (Lipinski definition) is 17. The second-order valence-corrected chi connectivity index (χ2v) is 20.5. The van der Waals surface area contributed by atoms with Crippen LogP contribution in [-0.2, 0) is 28.5 Å². The van der Waals surface area contributed by atoms with E-state index in [0.29, 0.717) is 51.4 Å². The summed E-state index contributed by atoms with van der Waals surface area (Å²) >= 11 is 0. The minimum Gasteiger partial charge on any atom is -0.432 e. The van der Waals surface area contributed by atoms with E-state index >= 15 is 0 Å². The molecule has 2 heterocycles. The number of hydrogen-bond donors (Lipinski definition) is 11. The van der Waals surface area contributed by atoms with Crippen LogP contribution in [-0.4, -0.2) is 162 Å². The molecule has 0 aromatic heterocycles. The van der Waals surface area contributed by atoms with E-state index < -0.39 is 138 Å². The lowest BCUT2D eigenvalue weighted by molar-refractivity contribution is -0.303. The molecule has 5 aliphatic carbocycles. The van der Waals surface area contributed by atoms with Gasteiger partial charge in [-0.3, -0.25) is 9.59 Å². The number of aliphatic hydroxyl groups excluding tert-OH is 11. The van der Waals surface area contributed by atoms with Crippen LogP contribution in [0.1, 0.15) is 92.4 Å². The van der Waals surface area contributed by atoms with Gasteiger partial charge in [-0.15, -0.1) is 0 Å². The number of aliphatic hydroxyl groups is 11. The topological polar surface area (TPSA) is 294 Å². The van der Waals surface area contributed by atoms with Crippen LogP contribution < -0.4 is 0 Å². The molecule has 11 N–H and O–H groups in total. The molecular formula is C42H66O17. The zero-order chi connectivity index (χ0) is 43.4. The molecule has 7 aliphatic rings. The van der Waals surface area contributed by atoms with Gasteiger partial charge in [0.1, 0.15) is 48.8 Å². The number of fused-ring (bicyclic) bond motifs is 7. The van der Waals surface area contributed by atoms with E-state index in [1.54, 1.807) is 0 Å². The van der Waals surface area contributed by atoms with Crippen LogP contribution in [0.2, 0.25) is 0 Å². The van der Waals surface area contributed by atoms with Gasteiger partial charge in [-0.1, -0.05) is 39.3 Å². The standard InChI is InChI=1S/C42H66O17/c1-37(2)10-11-41(36(55)59-34-31(52)29(50)27(48)23(17-44)57-34)12-13-42(18-45)19(20(41)14-37)6-7-24-38(3)15-21(46)32(53)40(5,25(38)8-9-39(24,42)4)35(54)58-33-30(51)28(49)26(47)22(16-43)56-33/h6,20-34,43-53H,7-18H2,1-5H3/t20-,21-,22+,23-,24+,25+,26+,27-,28-,29+,30-,31-,32-,33-,34+,38-,39-,40-,41+,42+/m0/s1. The molecular weight excluding hydrogens is 776 g/mol. The van der Waals surface area contributed by atoms with Gasteiger partial charge in [-0.2, -0.15) is 0 Å². The Kier molecular flexibility index (Phi) is 11.8. The SMILES string of the molecule is CC1(C)CC[C@@]2(C(=O)O[C@H]3O[C@@H](CO)[C@H](O)[C@@H](O)[C@@H]3O)CC[C@@]3(CO)C(=CC[C@@H]4[C@]5(C)C[C@H](O)[C@H](O)[C@@](C)(C(=O)O[C@@H]6O[C@H](CO)[C@@H](O)[C@H](O)[C@@H]6O)[C@@H]5CC[C@@]43C)[C@@H]2C1. The highest BCUT2D eigenvalue weighted by Gasteiger charge is 2.73. The van der Waals surface area contributed by atoms with E-state index in [-0.39, 0.29) is 24.4 Å². The van der Waals surface area contributed by atoms with Gasteiger partial charge in [-0.25, -0.2) is 0 Å². The van der Waals surface area contributed by atoms with Gasteiger partial charge in [0.05, 0.1) is 42.9 Å². The Hall–Kier alpha value is -1.84. The summed E-state index contributed by atoms with van der Waals surface area (Å²) in [6.07, 6.45) is -13.5. The second kappa shape index (κ2) is 15.5. The molecule has 0 amide bonds. The molecule has 2 aliphatic heterocycles. The zero-order valence-electron chi connectivity index (χ0n) is 34.6. The highest BCUT2D eigenvalue weighted by molar-refractivity contribution is 5.79. The fourth-order valence-corrected chi connectivity index (χ4v) is 13.6. The third kappa shape index (κ3) is 6.50. The summed E-state index contributed by atoms with van der Waals surface area (Å²) in [5, 5.41) is 117. The molecule has 0 aromatic carbocycles. The molecule has 4 saturated carbocycles. The van der Waals surface area contributed by atoms with Gasteiger partial charge in [-0.05, 0) is 98.7 Å². The van der Waals surface area contributed by atoms with Gasteiger partial charge in [0.25, 0.3) is 0 Å². The van der Waals surface area contributed by atoms with Gasteiger partial charge in [0, 0.05) is 5.41 Å². The third-order valence-electron chi connectivity index (χ3n) is 17.2. The van der Waals surface area contributed by atoms with E-state index in [2.05, 4.69) is 26.8 Å². The summed E-state index contributed by atoms with van der Waals surface area (Å²) < 4.78 is 22.6. The molecule has 0 aromatic rings. The molecule has 59 heavy (non-hydrogen) atoms. The van der Waals surface area contributed by atoms with Crippen molar-refractivity contribution in [3.05, 3.63) is 11.6 Å². The normalized spacial score (nSPS) is 53.1. The van der Waals surface area contributed by atoms with Gasteiger partial charge >= 0.3 is 11.9 Å². The van der Waals surface area contributed by atoms with Crippen LogP contribution in [0.25, 0.3) is 0 Å². The molecule has 0 spiro atoms. The summed E-state index contributed by atoms with van der Waals surface area (Å²) in [6.45, 7) is 8.25. The Morgan fingerprint density at radius 1 is 0.678 bits per heavy atom. The second-order valence-electron chi connectivity index (χ2n) is 20.5. The van der Waals surface area contributed by atoms with Crippen molar-refractivity contribution in [2.45, 2.75) is 166 Å². The molecule has 2 saturated heterocycles. The van der Waals surface area contributed by atoms with E-state index in [4.69, 9.17) is 18.9 Å². The number of rotatable bonds is 7. The quantitative estimate of drug-likeness (QED) is 0.106. The average Bonchev–Trinajstić information content (AvgIpc) is 3.19. The maximum atomic E-state index is 14.6. The number of ether oxygens (including phenoxy) is 4. The van der Waals surface area contributed by atoms with Crippen molar-refractivity contribution in [1.29, 1.82) is 0 Å². The number of carbonyl (C=O) groups is 2. The molecule has 20 atom stereocenters. The van der Waals surface area contributed by atoms with Crippen LogP contribution in [0.4, 0.5) is 0 Å². The maximum absolute atomic E-state index is 14.6. The summed E-state index contributed by atoms with van der Waals surface area (Å²) in [7, 11) is 0. The highest BCUT2D eigenvalue weighted by Crippen LogP contribution is 2.76. The lowest BCUT2D eigenvalue weighted by Gasteiger charge is -2.71. The largest absolute Gasteiger partial charge is 0.432 e. The van der Waals surface area contributed by atoms with Crippen molar-refractivity contribution < 1.29 is 84.7 Å². The molecule has 0 unspecified atom stereocenters. The van der Waals surface area contributed by atoms with Crippen molar-refractivity contribution >= 4 is 11.9 Å². The zero-order valence-corrected chi connectivity index (χ0v) is 34.6. The third-order valence-corrected chi connectivity index (χ3v) is 17.2. The van der Waals surface area contributed by atoms with Crippen molar-refractivity contribution in [2.24, 2.45) is 50.2 Å². The Morgan fingerprint density at radius 3 is 1.76 bits per heavy atom. The van der Waals surface area contributed by atoms with Crippen LogP contribution >= 0.6 is 0 Å². The molecule has 6 fully saturated rings. The van der Waals surface area contributed by atoms with E-state index in [0.717, 1.165) is 5.57 Å². The Labute approximate surface area is 343 Å². The van der Waals surface area contributed by atoms with E-state index in [1.165, 1.54) is 6.92 Å². The predicted octanol–water partition coefficient (Wildman–Crippen LogP) is -1.24. The lowest BCUT2D eigenvalue weighted by atomic mass is 9.33. The van der Waals surface area contributed by atoms with Crippen LogP contribution in [0, 0.1) is 50.2 Å². The van der Waals surface area contributed by atoms with Crippen LogP contribution in [0.15, 0.2) is 11.6 Å². The maximum Gasteiger partial charge on any atom is 0.317 e. The number of carbonyl (C=O) groups excluding carboxylic acids is 2. The fraction of sp³-hybridized carbons (Fsp3) is 0.905. The summed E-state index contributed by atoms with van der Waals surface area (Å²) in [5.74, 6) is -2.85. The monoisotopic (exact) mass is 842 g/mol. The predicted molar refractivity (Wildman–Crippen MR) is 202 cm³/mol. The van der Waals surface area contributed by atoms with E-state index in [9.17, 15) is 65.8 Å². The Bertz CT molecular complexity index is 1640. The molecule has 0 bridgehead atoms. The fourth-order valence-electron chi connectivity index (χ4n) is 13.6. The molecule has 0 radical (unpaired) electrons. The van der Waals surface area contributed by atoms with Gasteiger partial charge in [0.2, 0.25) is 12.6 Å². The first-order valence-electron chi connectivity index (χ1n) is 21.2. The van der Waals surface area contributed by atoms with Crippen LogP contribution in [0.5, 0.6) is 0 Å². The Morgan fingerprint density at radius 2 is 1.22 bits per heavy atom. The molecule has 17 heteroatoms. The summed E-state index contributed by atoms with van der Waals surface area (Å²) in [4.78, 5) is 29.0. The van der Waals surface area contributed by atoms with Crippen molar-refractivity contribution in [3.8, 4) is 0 Å². The van der Waals surface area contributed by atoms with Crippen molar-refractivity contribution in [3.63, 3.8) is 0 Å². The molecule has 17 nitrogen and oxygen atoms in total. The first kappa shape index (κ1) is 45.2. The van der Waals surface area contributed by atoms with Crippen molar-refractivity contribution in [1.82, 2.24) is 0 Å². The van der Waals surface area contributed by atoms with Crippen molar-refractivity contribution in [2.75, 3.05) is 19.8 Å². The molecule has 336 valence electrons. The summed E-state index contributed by atoms with van der Waals surface area (Å²) in [5.41, 5.74) is -4.41. The van der Waals surface area contributed by atoms with Crippen LogP contribution in [0.3, 0.4) is 0 Å². The molecule has 7 rings (SSSR count). The van der Waals surface area contributed by atoms with E-state index in [1.807, 2.05) is 6.92 Å². The highest BCUT2D eigenvalue weighted by atomic mass is 16.7. The number of esters is 2. The number of allylic oxidation sites excluding steroid dienone is 1. The lowest BCUT2D eigenvalue weighted by Crippen LogP contribution is -2.70. The average molecular weight is 843 g/mol. The Balaban J connectivity index is 1.22. The smallest absolute Gasteiger partial charge is 0.317 e. The minimum absolute atomic E-state index is 0.124. The summed E-state index contributed by atoms with van der Waals surface area (Å²) in [6, 6.07) is 0.